The number of benzene rings is 1. The fourth-order valence-electron chi connectivity index (χ4n) is 1.35. The zero-order chi connectivity index (χ0) is 12.0. The van der Waals surface area contributed by atoms with E-state index in [0.717, 1.165) is 23.3 Å². The van der Waals surface area contributed by atoms with Crippen molar-refractivity contribution in [3.05, 3.63) is 29.3 Å². The first kappa shape index (κ1) is 13.0. The van der Waals surface area contributed by atoms with Gasteiger partial charge in [0, 0.05) is 0 Å². The smallest absolute Gasteiger partial charge is 0.120 e. The van der Waals surface area contributed by atoms with Crippen LogP contribution < -0.4 is 4.74 Å². The molecule has 0 amide bonds. The van der Waals surface area contributed by atoms with Crippen LogP contribution in [0, 0.1) is 5.92 Å². The quantitative estimate of drug-likeness (QED) is 0.778. The van der Waals surface area contributed by atoms with Crippen LogP contribution in [0.5, 0.6) is 5.75 Å². The van der Waals surface area contributed by atoms with Gasteiger partial charge in [-0.15, -0.1) is 0 Å². The highest BCUT2D eigenvalue weighted by atomic mass is 16.5. The number of aliphatic hydroxyl groups excluding tert-OH is 2. The summed E-state index contributed by atoms with van der Waals surface area (Å²) >= 11 is 0. The van der Waals surface area contributed by atoms with Gasteiger partial charge in [0.05, 0.1) is 19.8 Å². The van der Waals surface area contributed by atoms with Gasteiger partial charge in [0.15, 0.2) is 0 Å². The van der Waals surface area contributed by atoms with Crippen molar-refractivity contribution >= 4 is 0 Å². The Morgan fingerprint density at radius 1 is 1.12 bits per heavy atom. The van der Waals surface area contributed by atoms with Crippen molar-refractivity contribution in [2.45, 2.75) is 33.5 Å². The molecule has 1 aromatic rings. The van der Waals surface area contributed by atoms with Crippen LogP contribution in [0.1, 0.15) is 31.4 Å². The molecule has 90 valence electrons. The molecule has 0 aliphatic rings. The molecule has 0 radical (unpaired) electrons. The third-order valence-electron chi connectivity index (χ3n) is 2.62. The molecule has 0 aliphatic carbocycles. The number of hydrogen-bond donors (Lipinski definition) is 2. The second-order valence-electron chi connectivity index (χ2n) is 4.13. The molecule has 2 N–H and O–H groups in total. The van der Waals surface area contributed by atoms with Crippen molar-refractivity contribution in [2.24, 2.45) is 5.92 Å². The van der Waals surface area contributed by atoms with E-state index in [4.69, 9.17) is 14.9 Å². The van der Waals surface area contributed by atoms with Gasteiger partial charge in [-0.25, -0.2) is 0 Å². The van der Waals surface area contributed by atoms with E-state index in [1.54, 1.807) is 6.07 Å². The van der Waals surface area contributed by atoms with Crippen LogP contribution in [-0.4, -0.2) is 16.8 Å². The van der Waals surface area contributed by atoms with Crippen LogP contribution in [0.25, 0.3) is 0 Å². The Kier molecular flexibility index (Phi) is 5.29. The second kappa shape index (κ2) is 6.51. The van der Waals surface area contributed by atoms with Crippen molar-refractivity contribution in [1.29, 1.82) is 0 Å². The topological polar surface area (TPSA) is 49.7 Å². The second-order valence-corrected chi connectivity index (χ2v) is 4.13. The molecule has 0 heterocycles. The number of hydrogen-bond acceptors (Lipinski definition) is 3. The highest BCUT2D eigenvalue weighted by Gasteiger charge is 2.03. The van der Waals surface area contributed by atoms with Gasteiger partial charge in [0.2, 0.25) is 0 Å². The monoisotopic (exact) mass is 224 g/mol. The molecule has 0 saturated heterocycles. The summed E-state index contributed by atoms with van der Waals surface area (Å²) in [6.45, 7) is 4.84. The van der Waals surface area contributed by atoms with Crippen LogP contribution in [0.3, 0.4) is 0 Å². The van der Waals surface area contributed by atoms with Gasteiger partial charge in [0.25, 0.3) is 0 Å². The maximum Gasteiger partial charge on any atom is 0.120 e. The summed E-state index contributed by atoms with van der Waals surface area (Å²) in [6.07, 6.45) is 1.08. The van der Waals surface area contributed by atoms with Crippen molar-refractivity contribution < 1.29 is 14.9 Å². The molecule has 0 unspecified atom stereocenters. The molecule has 1 atom stereocenters. The first-order chi connectivity index (χ1) is 7.69. The van der Waals surface area contributed by atoms with E-state index in [1.807, 2.05) is 12.1 Å². The third-order valence-corrected chi connectivity index (χ3v) is 2.62. The van der Waals surface area contributed by atoms with Crippen molar-refractivity contribution in [1.82, 2.24) is 0 Å². The summed E-state index contributed by atoms with van der Waals surface area (Å²) in [5.74, 6) is 1.23. The Morgan fingerprint density at radius 2 is 1.69 bits per heavy atom. The first-order valence-electron chi connectivity index (χ1n) is 5.67. The molecular formula is C13H20O3. The van der Waals surface area contributed by atoms with Gasteiger partial charge < -0.3 is 14.9 Å². The molecule has 16 heavy (non-hydrogen) atoms. The summed E-state index contributed by atoms with van der Waals surface area (Å²) in [7, 11) is 0. The molecule has 1 rings (SSSR count). The standard InChI is InChI=1S/C13H20O3/c1-3-10(2)9-16-13-5-11(7-14)4-12(6-13)8-15/h4-6,10,14-15H,3,7-9H2,1-2H3/t10-/m0/s1. The predicted octanol–water partition coefficient (Wildman–Crippen LogP) is 2.10. The minimum atomic E-state index is -0.0342. The van der Waals surface area contributed by atoms with E-state index in [0.29, 0.717) is 12.5 Å². The summed E-state index contributed by atoms with van der Waals surface area (Å²) in [6, 6.07) is 5.39. The van der Waals surface area contributed by atoms with Gasteiger partial charge in [-0.3, -0.25) is 0 Å². The summed E-state index contributed by atoms with van der Waals surface area (Å²) in [5.41, 5.74) is 1.54. The van der Waals surface area contributed by atoms with Crippen LogP contribution >= 0.6 is 0 Å². The molecule has 0 bridgehead atoms. The summed E-state index contributed by atoms with van der Waals surface area (Å²) in [4.78, 5) is 0. The van der Waals surface area contributed by atoms with E-state index in [1.165, 1.54) is 0 Å². The average molecular weight is 224 g/mol. The highest BCUT2D eigenvalue weighted by Crippen LogP contribution is 2.18. The van der Waals surface area contributed by atoms with Crippen LogP contribution in [-0.2, 0) is 13.2 Å². The van der Waals surface area contributed by atoms with Crippen molar-refractivity contribution in [2.75, 3.05) is 6.61 Å². The van der Waals surface area contributed by atoms with Gasteiger partial charge in [-0.1, -0.05) is 26.3 Å². The lowest BCUT2D eigenvalue weighted by molar-refractivity contribution is 0.250. The number of rotatable bonds is 6. The van der Waals surface area contributed by atoms with Crippen molar-refractivity contribution in [3.63, 3.8) is 0 Å². The zero-order valence-corrected chi connectivity index (χ0v) is 9.94. The maximum absolute atomic E-state index is 9.07. The van der Waals surface area contributed by atoms with Gasteiger partial charge in [-0.05, 0) is 29.2 Å². The molecule has 1 aromatic carbocycles. The lowest BCUT2D eigenvalue weighted by atomic mass is 10.1. The fraction of sp³-hybridized carbons (Fsp3) is 0.538. The normalized spacial score (nSPS) is 12.5. The lowest BCUT2D eigenvalue weighted by Gasteiger charge is -2.12. The Bertz CT molecular complexity index is 301. The number of aliphatic hydroxyl groups is 2. The van der Waals surface area contributed by atoms with E-state index in [9.17, 15) is 0 Å². The molecular weight excluding hydrogens is 204 g/mol. The summed E-state index contributed by atoms with van der Waals surface area (Å²) < 4.78 is 5.62. The van der Waals surface area contributed by atoms with Crippen LogP contribution in [0.4, 0.5) is 0 Å². The first-order valence-corrected chi connectivity index (χ1v) is 5.67. The zero-order valence-electron chi connectivity index (χ0n) is 9.94. The number of ether oxygens (including phenoxy) is 1. The molecule has 3 heteroatoms. The Balaban J connectivity index is 2.71. The minimum Gasteiger partial charge on any atom is -0.493 e. The maximum atomic E-state index is 9.07. The van der Waals surface area contributed by atoms with E-state index >= 15 is 0 Å². The molecule has 0 spiro atoms. The average Bonchev–Trinajstić information content (AvgIpc) is 2.35. The molecule has 0 aliphatic heterocycles. The largest absolute Gasteiger partial charge is 0.493 e. The SMILES string of the molecule is CC[C@H](C)COc1cc(CO)cc(CO)c1. The van der Waals surface area contributed by atoms with Gasteiger partial charge in [0.1, 0.15) is 5.75 Å². The summed E-state index contributed by atoms with van der Waals surface area (Å²) in [5, 5.41) is 18.1. The Hall–Kier alpha value is -1.06. The van der Waals surface area contributed by atoms with Crippen LogP contribution in [0.2, 0.25) is 0 Å². The van der Waals surface area contributed by atoms with E-state index in [2.05, 4.69) is 13.8 Å². The van der Waals surface area contributed by atoms with Crippen molar-refractivity contribution in [3.8, 4) is 5.75 Å². The van der Waals surface area contributed by atoms with Crippen LogP contribution in [0.15, 0.2) is 18.2 Å². The Labute approximate surface area is 96.7 Å². The highest BCUT2D eigenvalue weighted by molar-refractivity contribution is 5.33. The van der Waals surface area contributed by atoms with E-state index in [-0.39, 0.29) is 13.2 Å². The third kappa shape index (κ3) is 3.83. The molecule has 0 saturated carbocycles. The van der Waals surface area contributed by atoms with Gasteiger partial charge >= 0.3 is 0 Å². The molecule has 0 fully saturated rings. The molecule has 0 aromatic heterocycles. The Morgan fingerprint density at radius 3 is 2.12 bits per heavy atom. The lowest BCUT2D eigenvalue weighted by Crippen LogP contribution is -2.07. The molecule has 3 nitrogen and oxygen atoms in total. The minimum absolute atomic E-state index is 0.0342. The van der Waals surface area contributed by atoms with Gasteiger partial charge in [-0.2, -0.15) is 0 Å². The van der Waals surface area contributed by atoms with E-state index < -0.39 is 0 Å². The fourth-order valence-corrected chi connectivity index (χ4v) is 1.35. The predicted molar refractivity (Wildman–Crippen MR) is 63.2 cm³/mol.